The molecule has 2 N–H and O–H groups in total. The molecule has 124 valence electrons. The lowest BCUT2D eigenvalue weighted by molar-refractivity contribution is -0.137. The number of aryl methyl sites for hydroxylation is 1. The van der Waals surface area contributed by atoms with Crippen LogP contribution in [0.5, 0.6) is 0 Å². The molecule has 1 aromatic rings. The zero-order valence-corrected chi connectivity index (χ0v) is 14.0. The zero-order valence-electron chi connectivity index (χ0n) is 14.0. The molecule has 0 aliphatic carbocycles. The highest BCUT2D eigenvalue weighted by molar-refractivity contribution is 6.39. The average molecular weight is 317 g/mol. The van der Waals surface area contributed by atoms with Crippen molar-refractivity contribution in [3.63, 3.8) is 0 Å². The van der Waals surface area contributed by atoms with Gasteiger partial charge >= 0.3 is 11.8 Å². The molecule has 0 unspecified atom stereocenters. The minimum absolute atomic E-state index is 0.120. The first-order valence-electron chi connectivity index (χ1n) is 7.72. The van der Waals surface area contributed by atoms with E-state index in [1.807, 2.05) is 27.7 Å². The van der Waals surface area contributed by atoms with Crippen LogP contribution in [0.4, 0.5) is 11.4 Å². The van der Waals surface area contributed by atoms with E-state index in [0.29, 0.717) is 12.1 Å². The van der Waals surface area contributed by atoms with Crippen molar-refractivity contribution in [1.29, 1.82) is 0 Å². The molecular weight excluding hydrogens is 294 g/mol. The Hall–Kier alpha value is -2.37. The van der Waals surface area contributed by atoms with Crippen LogP contribution in [0, 0.1) is 6.92 Å². The molecule has 0 saturated carbocycles. The van der Waals surface area contributed by atoms with Gasteiger partial charge in [-0.2, -0.15) is 0 Å². The number of amides is 3. The fourth-order valence-corrected chi connectivity index (χ4v) is 2.52. The first kappa shape index (κ1) is 17.0. The molecule has 6 nitrogen and oxygen atoms in total. The van der Waals surface area contributed by atoms with Crippen molar-refractivity contribution in [3.05, 3.63) is 23.8 Å². The molecule has 1 heterocycles. The monoisotopic (exact) mass is 317 g/mol. The van der Waals surface area contributed by atoms with Crippen molar-refractivity contribution in [1.82, 2.24) is 5.32 Å². The van der Waals surface area contributed by atoms with Crippen LogP contribution >= 0.6 is 0 Å². The van der Waals surface area contributed by atoms with Crippen molar-refractivity contribution >= 4 is 29.1 Å². The summed E-state index contributed by atoms with van der Waals surface area (Å²) in [6, 6.07) is 5.27. The Balaban J connectivity index is 2.07. The van der Waals surface area contributed by atoms with Gasteiger partial charge in [-0.3, -0.25) is 14.4 Å². The van der Waals surface area contributed by atoms with Crippen LogP contribution < -0.4 is 15.5 Å². The van der Waals surface area contributed by atoms with Gasteiger partial charge in [-0.1, -0.05) is 0 Å². The normalized spacial score (nSPS) is 14.8. The predicted molar refractivity (Wildman–Crippen MR) is 89.3 cm³/mol. The standard InChI is InChI=1S/C17H23N3O3/c1-11-10-12(18-15(22)16(23)19-17(2,3)4)7-8-13(11)20-9-5-6-14(20)21/h7-8,10H,5-6,9H2,1-4H3,(H,18,22)(H,19,23). The number of hydrogen-bond acceptors (Lipinski definition) is 3. The van der Waals surface area contributed by atoms with E-state index in [-0.39, 0.29) is 5.91 Å². The van der Waals surface area contributed by atoms with E-state index < -0.39 is 17.4 Å². The fraction of sp³-hybridized carbons (Fsp3) is 0.471. The summed E-state index contributed by atoms with van der Waals surface area (Å²) in [6.07, 6.45) is 1.44. The van der Waals surface area contributed by atoms with E-state index in [4.69, 9.17) is 0 Å². The molecule has 2 rings (SSSR count). The van der Waals surface area contributed by atoms with Gasteiger partial charge in [0.1, 0.15) is 0 Å². The third kappa shape index (κ3) is 4.31. The van der Waals surface area contributed by atoms with Crippen molar-refractivity contribution in [2.45, 2.75) is 46.1 Å². The van der Waals surface area contributed by atoms with Gasteiger partial charge in [-0.15, -0.1) is 0 Å². The number of anilines is 2. The van der Waals surface area contributed by atoms with E-state index in [9.17, 15) is 14.4 Å². The van der Waals surface area contributed by atoms with Crippen LogP contribution in [0.2, 0.25) is 0 Å². The van der Waals surface area contributed by atoms with Crippen LogP contribution in [0.1, 0.15) is 39.2 Å². The van der Waals surface area contributed by atoms with Crippen molar-refractivity contribution in [2.24, 2.45) is 0 Å². The van der Waals surface area contributed by atoms with Crippen LogP contribution in [0.15, 0.2) is 18.2 Å². The Bertz CT molecular complexity index is 647. The third-order valence-electron chi connectivity index (χ3n) is 3.51. The van der Waals surface area contributed by atoms with Gasteiger partial charge in [0.2, 0.25) is 5.91 Å². The topological polar surface area (TPSA) is 78.5 Å². The molecular formula is C17H23N3O3. The molecule has 0 atom stereocenters. The molecule has 0 spiro atoms. The molecule has 1 aliphatic heterocycles. The molecule has 0 radical (unpaired) electrons. The number of rotatable bonds is 2. The van der Waals surface area contributed by atoms with Gasteiger partial charge in [0, 0.05) is 29.9 Å². The third-order valence-corrected chi connectivity index (χ3v) is 3.51. The van der Waals surface area contributed by atoms with Gasteiger partial charge in [0.25, 0.3) is 0 Å². The van der Waals surface area contributed by atoms with Gasteiger partial charge in [0.15, 0.2) is 0 Å². The lowest BCUT2D eigenvalue weighted by Crippen LogP contribution is -2.46. The van der Waals surface area contributed by atoms with E-state index >= 15 is 0 Å². The largest absolute Gasteiger partial charge is 0.343 e. The summed E-state index contributed by atoms with van der Waals surface area (Å²) in [5.41, 5.74) is 1.80. The molecule has 0 aromatic heterocycles. The predicted octanol–water partition coefficient (Wildman–Crippen LogP) is 1.98. The summed E-state index contributed by atoms with van der Waals surface area (Å²) in [4.78, 5) is 37.3. The summed E-state index contributed by atoms with van der Waals surface area (Å²) < 4.78 is 0. The Morgan fingerprint density at radius 3 is 2.39 bits per heavy atom. The summed E-state index contributed by atoms with van der Waals surface area (Å²) in [5, 5.41) is 5.19. The number of nitrogens with one attached hydrogen (secondary N) is 2. The maximum absolute atomic E-state index is 11.9. The molecule has 1 aliphatic rings. The van der Waals surface area contributed by atoms with Crippen LogP contribution in [0.3, 0.4) is 0 Å². The fourth-order valence-electron chi connectivity index (χ4n) is 2.52. The first-order valence-corrected chi connectivity index (χ1v) is 7.72. The highest BCUT2D eigenvalue weighted by Gasteiger charge is 2.24. The molecule has 1 fully saturated rings. The van der Waals surface area contributed by atoms with Crippen LogP contribution in [-0.4, -0.2) is 29.8 Å². The molecule has 1 aromatic carbocycles. The van der Waals surface area contributed by atoms with Gasteiger partial charge in [0.05, 0.1) is 0 Å². The SMILES string of the molecule is Cc1cc(NC(=O)C(=O)NC(C)(C)C)ccc1N1CCCC1=O. The quantitative estimate of drug-likeness (QED) is 0.819. The highest BCUT2D eigenvalue weighted by Crippen LogP contribution is 2.27. The maximum atomic E-state index is 11.9. The Kier molecular flexibility index (Phi) is 4.73. The smallest absolute Gasteiger partial charge is 0.313 e. The second-order valence-electron chi connectivity index (χ2n) is 6.81. The number of nitrogens with zero attached hydrogens (tertiary/aromatic N) is 1. The second-order valence-corrected chi connectivity index (χ2v) is 6.81. The van der Waals surface area contributed by atoms with E-state index in [1.54, 1.807) is 23.1 Å². The van der Waals surface area contributed by atoms with E-state index in [2.05, 4.69) is 10.6 Å². The van der Waals surface area contributed by atoms with Gasteiger partial charge < -0.3 is 15.5 Å². The molecule has 1 saturated heterocycles. The van der Waals surface area contributed by atoms with E-state index in [0.717, 1.165) is 24.2 Å². The number of carbonyl (C=O) groups is 3. The maximum Gasteiger partial charge on any atom is 0.313 e. The number of benzene rings is 1. The molecule has 23 heavy (non-hydrogen) atoms. The minimum Gasteiger partial charge on any atom is -0.343 e. The van der Waals surface area contributed by atoms with Crippen molar-refractivity contribution < 1.29 is 14.4 Å². The molecule has 6 heteroatoms. The summed E-state index contributed by atoms with van der Waals surface area (Å²) >= 11 is 0. The molecule has 0 bridgehead atoms. The van der Waals surface area contributed by atoms with Crippen molar-refractivity contribution in [3.8, 4) is 0 Å². The average Bonchev–Trinajstić information content (AvgIpc) is 2.83. The second kappa shape index (κ2) is 6.40. The Morgan fingerprint density at radius 1 is 1.17 bits per heavy atom. The molecule has 3 amide bonds. The lowest BCUT2D eigenvalue weighted by atomic mass is 10.1. The minimum atomic E-state index is -0.704. The van der Waals surface area contributed by atoms with Crippen LogP contribution in [-0.2, 0) is 14.4 Å². The Morgan fingerprint density at radius 2 is 1.87 bits per heavy atom. The first-order chi connectivity index (χ1) is 10.7. The van der Waals surface area contributed by atoms with Gasteiger partial charge in [-0.25, -0.2) is 0 Å². The van der Waals surface area contributed by atoms with Crippen molar-refractivity contribution in [2.75, 3.05) is 16.8 Å². The highest BCUT2D eigenvalue weighted by atomic mass is 16.2. The van der Waals surface area contributed by atoms with E-state index in [1.165, 1.54) is 0 Å². The lowest BCUT2D eigenvalue weighted by Gasteiger charge is -2.21. The number of carbonyl (C=O) groups excluding carboxylic acids is 3. The number of hydrogen-bond donors (Lipinski definition) is 2. The summed E-state index contributed by atoms with van der Waals surface area (Å²) in [7, 11) is 0. The van der Waals surface area contributed by atoms with Gasteiger partial charge in [-0.05, 0) is 57.9 Å². The Labute approximate surface area is 136 Å². The zero-order chi connectivity index (χ0) is 17.2. The summed E-state index contributed by atoms with van der Waals surface area (Å²) in [5.74, 6) is -1.26. The summed E-state index contributed by atoms with van der Waals surface area (Å²) in [6.45, 7) is 8.03. The van der Waals surface area contributed by atoms with Crippen LogP contribution in [0.25, 0.3) is 0 Å².